The van der Waals surface area contributed by atoms with E-state index in [1.807, 2.05) is 18.3 Å². The Hall–Kier alpha value is -1.53. The molecule has 0 bridgehead atoms. The zero-order valence-corrected chi connectivity index (χ0v) is 13.7. The summed E-state index contributed by atoms with van der Waals surface area (Å²) in [6.45, 7) is 2.84. The molecule has 0 spiro atoms. The lowest BCUT2D eigenvalue weighted by atomic mass is 10.2. The van der Waals surface area contributed by atoms with Gasteiger partial charge in [-0.3, -0.25) is 0 Å². The summed E-state index contributed by atoms with van der Waals surface area (Å²) in [6.07, 6.45) is 5.32. The zero-order chi connectivity index (χ0) is 14.4. The second kappa shape index (κ2) is 5.03. The highest BCUT2D eigenvalue weighted by molar-refractivity contribution is 7.19. The van der Waals surface area contributed by atoms with Crippen molar-refractivity contribution in [2.45, 2.75) is 32.7 Å². The molecule has 0 N–H and O–H groups in total. The van der Waals surface area contributed by atoms with Crippen LogP contribution in [0.5, 0.6) is 0 Å². The van der Waals surface area contributed by atoms with E-state index in [4.69, 9.17) is 0 Å². The normalized spacial score (nSPS) is 13.8. The number of thiazole rings is 1. The van der Waals surface area contributed by atoms with E-state index in [-0.39, 0.29) is 0 Å². The van der Waals surface area contributed by atoms with Crippen LogP contribution >= 0.6 is 22.7 Å². The van der Waals surface area contributed by atoms with Gasteiger partial charge >= 0.3 is 0 Å². The number of rotatable bonds is 3. The number of nitrogens with zero attached hydrogens (tertiary/aromatic N) is 4. The molecule has 1 aliphatic carbocycles. The van der Waals surface area contributed by atoms with E-state index < -0.39 is 0 Å². The van der Waals surface area contributed by atoms with Crippen LogP contribution in [0.3, 0.4) is 0 Å². The van der Waals surface area contributed by atoms with Crippen molar-refractivity contribution in [1.82, 2.24) is 15.0 Å². The van der Waals surface area contributed by atoms with Crippen molar-refractivity contribution >= 4 is 38.7 Å². The summed E-state index contributed by atoms with van der Waals surface area (Å²) >= 11 is 3.54. The molecule has 0 fully saturated rings. The van der Waals surface area contributed by atoms with Gasteiger partial charge in [0.1, 0.15) is 17.0 Å². The molecule has 3 aromatic heterocycles. The maximum absolute atomic E-state index is 4.56. The molecule has 21 heavy (non-hydrogen) atoms. The number of aryl methyl sites for hydroxylation is 3. The molecule has 0 amide bonds. The molecule has 0 saturated heterocycles. The summed E-state index contributed by atoms with van der Waals surface area (Å²) in [4.78, 5) is 18.4. The molecule has 108 valence electrons. The maximum Gasteiger partial charge on any atom is 0.141 e. The van der Waals surface area contributed by atoms with Crippen LogP contribution < -0.4 is 4.90 Å². The number of anilines is 1. The van der Waals surface area contributed by atoms with E-state index >= 15 is 0 Å². The molecule has 4 nitrogen and oxygen atoms in total. The van der Waals surface area contributed by atoms with Crippen molar-refractivity contribution in [3.63, 3.8) is 0 Å². The Morgan fingerprint density at radius 3 is 3.00 bits per heavy atom. The number of hydrogen-bond donors (Lipinski definition) is 0. The van der Waals surface area contributed by atoms with Crippen molar-refractivity contribution < 1.29 is 0 Å². The second-order valence-electron chi connectivity index (χ2n) is 5.45. The van der Waals surface area contributed by atoms with E-state index in [9.17, 15) is 0 Å². The largest absolute Gasteiger partial charge is 0.353 e. The Labute approximate surface area is 131 Å². The monoisotopic (exact) mass is 316 g/mol. The average molecular weight is 316 g/mol. The highest BCUT2D eigenvalue weighted by Gasteiger charge is 2.22. The van der Waals surface area contributed by atoms with Crippen LogP contribution in [-0.4, -0.2) is 22.0 Å². The van der Waals surface area contributed by atoms with Gasteiger partial charge in [-0.25, -0.2) is 15.0 Å². The van der Waals surface area contributed by atoms with Gasteiger partial charge in [0, 0.05) is 17.3 Å². The fourth-order valence-electron chi connectivity index (χ4n) is 3.00. The number of aromatic nitrogens is 3. The lowest BCUT2D eigenvalue weighted by Gasteiger charge is -2.18. The van der Waals surface area contributed by atoms with Gasteiger partial charge in [-0.2, -0.15) is 0 Å². The standard InChI is InChI=1S/C15H16N4S2/c1-9-18-10(7-20-9)6-19(2)14-13-11-4-3-5-12(11)21-15(13)17-8-16-14/h7-8H,3-6H2,1-2H3. The van der Waals surface area contributed by atoms with E-state index in [2.05, 4.69) is 32.3 Å². The Morgan fingerprint density at radius 2 is 2.19 bits per heavy atom. The van der Waals surface area contributed by atoms with Crippen LogP contribution in [0.4, 0.5) is 5.82 Å². The number of thiophene rings is 1. The van der Waals surface area contributed by atoms with Gasteiger partial charge in [0.15, 0.2) is 0 Å². The first-order valence-corrected chi connectivity index (χ1v) is 8.79. The van der Waals surface area contributed by atoms with Gasteiger partial charge in [0.2, 0.25) is 0 Å². The fraction of sp³-hybridized carbons (Fsp3) is 0.400. The van der Waals surface area contributed by atoms with E-state index in [1.54, 1.807) is 17.7 Å². The first-order valence-electron chi connectivity index (χ1n) is 7.10. The van der Waals surface area contributed by atoms with Gasteiger partial charge < -0.3 is 4.90 Å². The minimum Gasteiger partial charge on any atom is -0.353 e. The quantitative estimate of drug-likeness (QED) is 0.740. The SMILES string of the molecule is Cc1nc(CN(C)c2ncnc3sc4c(c23)CCC4)cs1. The smallest absolute Gasteiger partial charge is 0.141 e. The topological polar surface area (TPSA) is 41.9 Å². The third-order valence-corrected chi connectivity index (χ3v) is 5.93. The van der Waals surface area contributed by atoms with Gasteiger partial charge in [0.25, 0.3) is 0 Å². The lowest BCUT2D eigenvalue weighted by Crippen LogP contribution is -2.18. The number of hydrogen-bond acceptors (Lipinski definition) is 6. The molecule has 4 rings (SSSR count). The highest BCUT2D eigenvalue weighted by atomic mass is 32.1. The molecular weight excluding hydrogens is 300 g/mol. The Morgan fingerprint density at radius 1 is 1.29 bits per heavy atom. The van der Waals surface area contributed by atoms with Crippen molar-refractivity contribution in [3.8, 4) is 0 Å². The van der Waals surface area contributed by atoms with Crippen molar-refractivity contribution in [3.05, 3.63) is 32.8 Å². The van der Waals surface area contributed by atoms with Crippen LogP contribution in [0, 0.1) is 6.92 Å². The fourth-order valence-corrected chi connectivity index (χ4v) is 4.83. The summed E-state index contributed by atoms with van der Waals surface area (Å²) in [5.41, 5.74) is 2.59. The lowest BCUT2D eigenvalue weighted by molar-refractivity contribution is 0.871. The predicted molar refractivity (Wildman–Crippen MR) is 88.4 cm³/mol. The summed E-state index contributed by atoms with van der Waals surface area (Å²) in [5.74, 6) is 1.05. The van der Waals surface area contributed by atoms with Crippen LogP contribution in [0.25, 0.3) is 10.2 Å². The minimum atomic E-state index is 0.793. The van der Waals surface area contributed by atoms with Gasteiger partial charge in [-0.1, -0.05) is 0 Å². The summed E-state index contributed by atoms with van der Waals surface area (Å²) in [5, 5.41) is 4.51. The molecule has 0 saturated carbocycles. The molecule has 3 heterocycles. The molecule has 0 aromatic carbocycles. The third kappa shape index (κ3) is 2.22. The Balaban J connectivity index is 1.75. The van der Waals surface area contributed by atoms with Gasteiger partial charge in [-0.15, -0.1) is 22.7 Å². The van der Waals surface area contributed by atoms with Gasteiger partial charge in [-0.05, 0) is 31.7 Å². The third-order valence-electron chi connectivity index (χ3n) is 3.91. The van der Waals surface area contributed by atoms with Crippen LogP contribution in [-0.2, 0) is 19.4 Å². The summed E-state index contributed by atoms with van der Waals surface area (Å²) < 4.78 is 0. The molecular formula is C15H16N4S2. The average Bonchev–Trinajstić information content (AvgIpc) is 3.13. The zero-order valence-electron chi connectivity index (χ0n) is 12.1. The molecule has 6 heteroatoms. The van der Waals surface area contributed by atoms with Crippen LogP contribution in [0.2, 0.25) is 0 Å². The second-order valence-corrected chi connectivity index (χ2v) is 7.59. The number of fused-ring (bicyclic) bond motifs is 3. The summed E-state index contributed by atoms with van der Waals surface area (Å²) in [7, 11) is 2.09. The van der Waals surface area contributed by atoms with E-state index in [0.717, 1.165) is 27.9 Å². The Bertz CT molecular complexity index is 805. The van der Waals surface area contributed by atoms with Crippen LogP contribution in [0.1, 0.15) is 27.6 Å². The molecule has 0 radical (unpaired) electrons. The highest BCUT2D eigenvalue weighted by Crippen LogP contribution is 2.40. The van der Waals surface area contributed by atoms with Crippen molar-refractivity contribution in [2.75, 3.05) is 11.9 Å². The van der Waals surface area contributed by atoms with E-state index in [1.165, 1.54) is 35.1 Å². The first kappa shape index (κ1) is 13.2. The minimum absolute atomic E-state index is 0.793. The summed E-state index contributed by atoms with van der Waals surface area (Å²) in [6, 6.07) is 0. The molecule has 0 aliphatic heterocycles. The predicted octanol–water partition coefficient (Wildman–Crippen LogP) is 3.58. The van der Waals surface area contributed by atoms with Crippen molar-refractivity contribution in [2.24, 2.45) is 0 Å². The molecule has 0 atom stereocenters. The van der Waals surface area contributed by atoms with E-state index in [0.29, 0.717) is 0 Å². The molecule has 0 unspecified atom stereocenters. The van der Waals surface area contributed by atoms with Gasteiger partial charge in [0.05, 0.1) is 22.6 Å². The molecule has 1 aliphatic rings. The maximum atomic E-state index is 4.56. The molecule has 3 aromatic rings. The van der Waals surface area contributed by atoms with Crippen LogP contribution in [0.15, 0.2) is 11.7 Å². The Kier molecular flexibility index (Phi) is 3.15. The first-order chi connectivity index (χ1) is 10.2. The van der Waals surface area contributed by atoms with Crippen molar-refractivity contribution in [1.29, 1.82) is 0 Å².